The second-order valence-electron chi connectivity index (χ2n) is 5.08. The van der Waals surface area contributed by atoms with E-state index >= 15 is 0 Å². The molecule has 0 amide bonds. The zero-order valence-electron chi connectivity index (χ0n) is 11.0. The molecule has 3 heteroatoms. The van der Waals surface area contributed by atoms with Gasteiger partial charge in [0, 0.05) is 43.6 Å². The fourth-order valence-corrected chi connectivity index (χ4v) is 2.67. The Balaban J connectivity index is 1.64. The van der Waals surface area contributed by atoms with E-state index in [2.05, 4.69) is 28.1 Å². The molecule has 0 radical (unpaired) electrons. The summed E-state index contributed by atoms with van der Waals surface area (Å²) in [4.78, 5) is 6.84. The highest BCUT2D eigenvalue weighted by Gasteiger charge is 2.17. The van der Waals surface area contributed by atoms with Crippen molar-refractivity contribution in [1.82, 2.24) is 9.88 Å². The SMILES string of the molecule is Nc1cccc2c1CN(CCc1ccccn1)CC2. The molecule has 0 aliphatic carbocycles. The minimum atomic E-state index is 0.931. The van der Waals surface area contributed by atoms with Crippen LogP contribution < -0.4 is 5.73 Å². The van der Waals surface area contributed by atoms with Crippen molar-refractivity contribution in [2.75, 3.05) is 18.8 Å². The van der Waals surface area contributed by atoms with E-state index in [0.717, 1.165) is 43.9 Å². The first kappa shape index (κ1) is 12.2. The molecule has 0 saturated heterocycles. The number of hydrogen-bond donors (Lipinski definition) is 1. The molecule has 0 atom stereocenters. The standard InChI is InChI=1S/C16H19N3/c17-16-6-3-4-13-7-10-19(12-15(13)16)11-8-14-5-1-2-9-18-14/h1-6,9H,7-8,10-12,17H2. The second kappa shape index (κ2) is 5.41. The Bertz CT molecular complexity index is 551. The van der Waals surface area contributed by atoms with Gasteiger partial charge in [-0.05, 0) is 35.7 Å². The van der Waals surface area contributed by atoms with E-state index in [1.54, 1.807) is 0 Å². The van der Waals surface area contributed by atoms with Crippen molar-refractivity contribution in [2.45, 2.75) is 19.4 Å². The maximum Gasteiger partial charge on any atom is 0.0416 e. The first-order chi connectivity index (χ1) is 9.33. The van der Waals surface area contributed by atoms with Crippen LogP contribution in [0.1, 0.15) is 16.8 Å². The van der Waals surface area contributed by atoms with Crippen LogP contribution in [0.5, 0.6) is 0 Å². The van der Waals surface area contributed by atoms with Gasteiger partial charge in [-0.1, -0.05) is 18.2 Å². The van der Waals surface area contributed by atoms with Crippen LogP contribution in [0.3, 0.4) is 0 Å². The van der Waals surface area contributed by atoms with E-state index in [1.807, 2.05) is 24.4 Å². The quantitative estimate of drug-likeness (QED) is 0.853. The summed E-state index contributed by atoms with van der Waals surface area (Å²) < 4.78 is 0. The summed E-state index contributed by atoms with van der Waals surface area (Å²) in [6.45, 7) is 3.13. The van der Waals surface area contributed by atoms with Crippen molar-refractivity contribution < 1.29 is 0 Å². The van der Waals surface area contributed by atoms with Gasteiger partial charge in [-0.15, -0.1) is 0 Å². The molecule has 0 spiro atoms. The summed E-state index contributed by atoms with van der Waals surface area (Å²) in [5.41, 5.74) is 10.9. The highest BCUT2D eigenvalue weighted by molar-refractivity contribution is 5.51. The van der Waals surface area contributed by atoms with E-state index in [0.29, 0.717) is 0 Å². The molecule has 3 rings (SSSR count). The first-order valence-corrected chi connectivity index (χ1v) is 6.81. The van der Waals surface area contributed by atoms with Gasteiger partial charge in [-0.2, -0.15) is 0 Å². The molecule has 1 aliphatic rings. The number of hydrogen-bond acceptors (Lipinski definition) is 3. The molecule has 0 unspecified atom stereocenters. The van der Waals surface area contributed by atoms with Crippen LogP contribution in [-0.4, -0.2) is 23.0 Å². The smallest absolute Gasteiger partial charge is 0.0416 e. The number of fused-ring (bicyclic) bond motifs is 1. The highest BCUT2D eigenvalue weighted by atomic mass is 15.1. The Kier molecular flexibility index (Phi) is 3.47. The molecular formula is C16H19N3. The third-order valence-electron chi connectivity index (χ3n) is 3.80. The largest absolute Gasteiger partial charge is 0.398 e. The lowest BCUT2D eigenvalue weighted by Crippen LogP contribution is -2.32. The van der Waals surface area contributed by atoms with Crippen LogP contribution in [0.4, 0.5) is 5.69 Å². The van der Waals surface area contributed by atoms with Crippen molar-refractivity contribution in [3.8, 4) is 0 Å². The lowest BCUT2D eigenvalue weighted by atomic mass is 9.98. The molecule has 19 heavy (non-hydrogen) atoms. The van der Waals surface area contributed by atoms with Crippen LogP contribution in [-0.2, 0) is 19.4 Å². The molecule has 1 aromatic heterocycles. The molecule has 0 saturated carbocycles. The minimum Gasteiger partial charge on any atom is -0.398 e. The third kappa shape index (κ3) is 2.76. The van der Waals surface area contributed by atoms with Gasteiger partial charge >= 0.3 is 0 Å². The van der Waals surface area contributed by atoms with Gasteiger partial charge in [0.05, 0.1) is 0 Å². The topological polar surface area (TPSA) is 42.1 Å². The maximum atomic E-state index is 6.07. The Morgan fingerprint density at radius 3 is 2.95 bits per heavy atom. The van der Waals surface area contributed by atoms with Crippen molar-refractivity contribution in [1.29, 1.82) is 0 Å². The molecule has 0 fully saturated rings. The maximum absolute atomic E-state index is 6.07. The lowest BCUT2D eigenvalue weighted by molar-refractivity contribution is 0.257. The first-order valence-electron chi connectivity index (χ1n) is 6.81. The Labute approximate surface area is 114 Å². The zero-order valence-corrected chi connectivity index (χ0v) is 11.0. The van der Waals surface area contributed by atoms with E-state index < -0.39 is 0 Å². The van der Waals surface area contributed by atoms with Crippen LogP contribution in [0.2, 0.25) is 0 Å². The van der Waals surface area contributed by atoms with Crippen LogP contribution in [0.15, 0.2) is 42.6 Å². The van der Waals surface area contributed by atoms with E-state index in [-0.39, 0.29) is 0 Å². The average Bonchev–Trinajstić information content (AvgIpc) is 2.47. The summed E-state index contributed by atoms with van der Waals surface area (Å²) in [5, 5.41) is 0. The highest BCUT2D eigenvalue weighted by Crippen LogP contribution is 2.24. The molecule has 2 aromatic rings. The molecule has 1 aromatic carbocycles. The van der Waals surface area contributed by atoms with Gasteiger partial charge < -0.3 is 5.73 Å². The Morgan fingerprint density at radius 2 is 2.11 bits per heavy atom. The molecule has 2 N–H and O–H groups in total. The van der Waals surface area contributed by atoms with Crippen molar-refractivity contribution in [2.24, 2.45) is 0 Å². The summed E-state index contributed by atoms with van der Waals surface area (Å²) in [5.74, 6) is 0. The second-order valence-corrected chi connectivity index (χ2v) is 5.08. The summed E-state index contributed by atoms with van der Waals surface area (Å²) >= 11 is 0. The third-order valence-corrected chi connectivity index (χ3v) is 3.80. The molecule has 1 aliphatic heterocycles. The number of rotatable bonds is 3. The lowest BCUT2D eigenvalue weighted by Gasteiger charge is -2.29. The van der Waals surface area contributed by atoms with E-state index in [9.17, 15) is 0 Å². The van der Waals surface area contributed by atoms with Gasteiger partial charge in [-0.3, -0.25) is 9.88 Å². The Morgan fingerprint density at radius 1 is 1.16 bits per heavy atom. The zero-order chi connectivity index (χ0) is 13.1. The number of benzene rings is 1. The fraction of sp³-hybridized carbons (Fsp3) is 0.312. The molecule has 3 nitrogen and oxygen atoms in total. The van der Waals surface area contributed by atoms with Gasteiger partial charge in [0.1, 0.15) is 0 Å². The van der Waals surface area contributed by atoms with Crippen molar-refractivity contribution in [3.63, 3.8) is 0 Å². The van der Waals surface area contributed by atoms with E-state index in [4.69, 9.17) is 5.73 Å². The summed E-state index contributed by atoms with van der Waals surface area (Å²) in [6, 6.07) is 12.3. The van der Waals surface area contributed by atoms with Crippen LogP contribution in [0, 0.1) is 0 Å². The molecule has 2 heterocycles. The summed E-state index contributed by atoms with van der Waals surface area (Å²) in [7, 11) is 0. The molecular weight excluding hydrogens is 234 g/mol. The number of nitrogens with two attached hydrogens (primary N) is 1. The van der Waals surface area contributed by atoms with Crippen molar-refractivity contribution in [3.05, 3.63) is 59.4 Å². The normalized spacial score (nSPS) is 15.2. The number of nitrogens with zero attached hydrogens (tertiary/aromatic N) is 2. The molecule has 0 bridgehead atoms. The van der Waals surface area contributed by atoms with Crippen LogP contribution in [0.25, 0.3) is 0 Å². The van der Waals surface area contributed by atoms with Crippen LogP contribution >= 0.6 is 0 Å². The summed E-state index contributed by atoms with van der Waals surface area (Å²) in [6.07, 6.45) is 3.96. The fourth-order valence-electron chi connectivity index (χ4n) is 2.67. The monoisotopic (exact) mass is 253 g/mol. The predicted octanol–water partition coefficient (Wildman–Crippen LogP) is 2.26. The van der Waals surface area contributed by atoms with Crippen molar-refractivity contribution >= 4 is 5.69 Å². The number of pyridine rings is 1. The Hall–Kier alpha value is -1.87. The van der Waals surface area contributed by atoms with Gasteiger partial charge in [0.2, 0.25) is 0 Å². The number of anilines is 1. The average molecular weight is 253 g/mol. The molecule has 98 valence electrons. The van der Waals surface area contributed by atoms with Gasteiger partial charge in [0.25, 0.3) is 0 Å². The number of nitrogen functional groups attached to an aromatic ring is 1. The van der Waals surface area contributed by atoms with E-state index in [1.165, 1.54) is 11.1 Å². The minimum absolute atomic E-state index is 0.931. The number of aromatic nitrogens is 1. The van der Waals surface area contributed by atoms with Gasteiger partial charge in [0.15, 0.2) is 0 Å². The van der Waals surface area contributed by atoms with Gasteiger partial charge in [-0.25, -0.2) is 0 Å². The predicted molar refractivity (Wildman–Crippen MR) is 77.8 cm³/mol.